The average Bonchev–Trinajstić information content (AvgIpc) is 2.53. The minimum absolute atomic E-state index is 1.06. The SMILES string of the molecule is C[N+]1(CCCCCCS)CCCC1. The Hall–Kier alpha value is 0.310. The maximum absolute atomic E-state index is 4.22. The zero-order valence-corrected chi connectivity index (χ0v) is 9.86. The van der Waals surface area contributed by atoms with Crippen LogP contribution in [0.4, 0.5) is 0 Å². The predicted octanol–water partition coefficient (Wildman–Crippen LogP) is 2.72. The summed E-state index contributed by atoms with van der Waals surface area (Å²) in [5, 5.41) is 0. The largest absolute Gasteiger partial charge is 0.326 e. The molecule has 1 aliphatic heterocycles. The van der Waals surface area contributed by atoms with Gasteiger partial charge in [-0.15, -0.1) is 0 Å². The lowest BCUT2D eigenvalue weighted by atomic mass is 10.2. The van der Waals surface area contributed by atoms with E-state index in [1.54, 1.807) is 0 Å². The minimum Gasteiger partial charge on any atom is -0.326 e. The van der Waals surface area contributed by atoms with Crippen molar-refractivity contribution in [3.63, 3.8) is 0 Å². The summed E-state index contributed by atoms with van der Waals surface area (Å²) in [6.45, 7) is 4.26. The first-order valence-electron chi connectivity index (χ1n) is 5.71. The van der Waals surface area contributed by atoms with Gasteiger partial charge in [0.2, 0.25) is 0 Å². The molecule has 1 aliphatic rings. The number of hydrogen-bond acceptors (Lipinski definition) is 1. The van der Waals surface area contributed by atoms with Crippen LogP contribution in [-0.2, 0) is 0 Å². The van der Waals surface area contributed by atoms with Crippen molar-refractivity contribution in [2.24, 2.45) is 0 Å². The Morgan fingerprint density at radius 2 is 1.62 bits per heavy atom. The molecule has 13 heavy (non-hydrogen) atoms. The predicted molar refractivity (Wildman–Crippen MR) is 62.3 cm³/mol. The van der Waals surface area contributed by atoms with Crippen LogP contribution in [0.1, 0.15) is 38.5 Å². The number of thiol groups is 1. The lowest BCUT2D eigenvalue weighted by molar-refractivity contribution is -0.897. The van der Waals surface area contributed by atoms with Gasteiger partial charge in [-0.05, 0) is 25.0 Å². The lowest BCUT2D eigenvalue weighted by Crippen LogP contribution is -2.41. The van der Waals surface area contributed by atoms with Gasteiger partial charge in [0.25, 0.3) is 0 Å². The maximum Gasteiger partial charge on any atom is 0.0786 e. The van der Waals surface area contributed by atoms with Gasteiger partial charge in [-0.3, -0.25) is 0 Å². The summed E-state index contributed by atoms with van der Waals surface area (Å²) in [4.78, 5) is 0. The van der Waals surface area contributed by atoms with Gasteiger partial charge in [-0.2, -0.15) is 12.6 Å². The van der Waals surface area contributed by atoms with E-state index in [0.717, 1.165) is 5.75 Å². The molecule has 78 valence electrons. The fourth-order valence-corrected chi connectivity index (χ4v) is 2.50. The molecule has 1 nitrogen and oxygen atoms in total. The molecule has 0 unspecified atom stereocenters. The first kappa shape index (κ1) is 11.4. The first-order valence-corrected chi connectivity index (χ1v) is 6.34. The summed E-state index contributed by atoms with van der Waals surface area (Å²) < 4.78 is 1.35. The van der Waals surface area contributed by atoms with E-state index in [0.29, 0.717) is 0 Å². The molecule has 0 aromatic carbocycles. The van der Waals surface area contributed by atoms with Crippen LogP contribution in [-0.4, -0.2) is 36.9 Å². The highest BCUT2D eigenvalue weighted by molar-refractivity contribution is 7.80. The monoisotopic (exact) mass is 202 g/mol. The standard InChI is InChI=1S/C11H23NS/c1-12(9-5-6-10-12)8-4-2-3-7-11-13/h2-11H2,1H3/p+1. The van der Waals surface area contributed by atoms with E-state index in [1.807, 2.05) is 0 Å². The van der Waals surface area contributed by atoms with Crippen molar-refractivity contribution in [1.82, 2.24) is 0 Å². The summed E-state index contributed by atoms with van der Waals surface area (Å²) in [5.74, 6) is 1.06. The molecule has 1 fully saturated rings. The van der Waals surface area contributed by atoms with Crippen LogP contribution in [0.25, 0.3) is 0 Å². The normalized spacial score (nSPS) is 20.8. The molecule has 0 N–H and O–H groups in total. The van der Waals surface area contributed by atoms with Gasteiger partial charge in [0.15, 0.2) is 0 Å². The third-order valence-corrected chi connectivity index (χ3v) is 3.57. The molecule has 0 saturated carbocycles. The lowest BCUT2D eigenvalue weighted by Gasteiger charge is -2.29. The van der Waals surface area contributed by atoms with Crippen LogP contribution in [0.15, 0.2) is 0 Å². The van der Waals surface area contributed by atoms with Gasteiger partial charge in [-0.1, -0.05) is 6.42 Å². The first-order chi connectivity index (χ1) is 6.27. The smallest absolute Gasteiger partial charge is 0.0786 e. The van der Waals surface area contributed by atoms with E-state index in [-0.39, 0.29) is 0 Å². The molecule has 0 spiro atoms. The summed E-state index contributed by atoms with van der Waals surface area (Å²) in [5.41, 5.74) is 0. The zero-order chi connectivity index (χ0) is 9.57. The molecule has 0 radical (unpaired) electrons. The van der Waals surface area contributed by atoms with Crippen LogP contribution >= 0.6 is 12.6 Å². The van der Waals surface area contributed by atoms with Crippen LogP contribution in [0.3, 0.4) is 0 Å². The van der Waals surface area contributed by atoms with Crippen molar-refractivity contribution in [3.05, 3.63) is 0 Å². The summed E-state index contributed by atoms with van der Waals surface area (Å²) >= 11 is 4.22. The Balaban J connectivity index is 1.98. The van der Waals surface area contributed by atoms with E-state index in [2.05, 4.69) is 19.7 Å². The van der Waals surface area contributed by atoms with Crippen molar-refractivity contribution in [2.45, 2.75) is 38.5 Å². The van der Waals surface area contributed by atoms with Gasteiger partial charge < -0.3 is 4.48 Å². The van der Waals surface area contributed by atoms with Crippen molar-refractivity contribution in [1.29, 1.82) is 0 Å². The van der Waals surface area contributed by atoms with Crippen molar-refractivity contribution in [2.75, 3.05) is 32.4 Å². The topological polar surface area (TPSA) is 0 Å². The third kappa shape index (κ3) is 4.37. The Kier molecular flexibility index (Phi) is 5.18. The Morgan fingerprint density at radius 1 is 1.00 bits per heavy atom. The second-order valence-electron chi connectivity index (χ2n) is 4.64. The van der Waals surface area contributed by atoms with Gasteiger partial charge >= 0.3 is 0 Å². The highest BCUT2D eigenvalue weighted by Gasteiger charge is 2.25. The van der Waals surface area contributed by atoms with Gasteiger partial charge in [0, 0.05) is 12.8 Å². The number of hydrogen-bond donors (Lipinski definition) is 1. The van der Waals surface area contributed by atoms with Crippen molar-refractivity contribution in [3.8, 4) is 0 Å². The summed E-state index contributed by atoms with van der Waals surface area (Å²) in [6, 6.07) is 0. The molecule has 1 rings (SSSR count). The molecule has 0 aromatic rings. The number of unbranched alkanes of at least 4 members (excludes halogenated alkanes) is 3. The Morgan fingerprint density at radius 3 is 2.23 bits per heavy atom. The van der Waals surface area contributed by atoms with Crippen molar-refractivity contribution >= 4 is 12.6 Å². The van der Waals surface area contributed by atoms with E-state index in [9.17, 15) is 0 Å². The zero-order valence-electron chi connectivity index (χ0n) is 8.97. The molecular formula is C11H24NS+. The van der Waals surface area contributed by atoms with Crippen LogP contribution in [0.5, 0.6) is 0 Å². The number of rotatable bonds is 6. The number of quaternary nitrogens is 1. The molecule has 0 amide bonds. The number of nitrogens with zero attached hydrogens (tertiary/aromatic N) is 1. The second kappa shape index (κ2) is 5.92. The molecule has 0 bridgehead atoms. The van der Waals surface area contributed by atoms with Gasteiger partial charge in [0.05, 0.1) is 26.7 Å². The molecule has 0 aromatic heterocycles. The summed E-state index contributed by atoms with van der Waals surface area (Å²) in [7, 11) is 2.42. The molecule has 2 heteroatoms. The van der Waals surface area contributed by atoms with Crippen LogP contribution in [0.2, 0.25) is 0 Å². The minimum atomic E-state index is 1.06. The average molecular weight is 202 g/mol. The Labute approximate surface area is 88.5 Å². The second-order valence-corrected chi connectivity index (χ2v) is 5.08. The van der Waals surface area contributed by atoms with Crippen molar-refractivity contribution < 1.29 is 4.48 Å². The van der Waals surface area contributed by atoms with Gasteiger partial charge in [-0.25, -0.2) is 0 Å². The fraction of sp³-hybridized carbons (Fsp3) is 1.00. The molecule has 1 saturated heterocycles. The third-order valence-electron chi connectivity index (χ3n) is 3.25. The van der Waals surface area contributed by atoms with E-state index in [4.69, 9.17) is 0 Å². The van der Waals surface area contributed by atoms with E-state index >= 15 is 0 Å². The molecule has 0 atom stereocenters. The van der Waals surface area contributed by atoms with E-state index < -0.39 is 0 Å². The molecule has 1 heterocycles. The fourth-order valence-electron chi connectivity index (χ4n) is 2.28. The Bertz CT molecular complexity index is 130. The number of likely N-dealkylation sites (tertiary alicyclic amines) is 1. The quantitative estimate of drug-likeness (QED) is 0.382. The summed E-state index contributed by atoms with van der Waals surface area (Å²) in [6.07, 6.45) is 8.41. The molecule has 0 aliphatic carbocycles. The molecular weight excluding hydrogens is 178 g/mol. The highest BCUT2D eigenvalue weighted by Crippen LogP contribution is 2.17. The van der Waals surface area contributed by atoms with E-state index in [1.165, 1.54) is 62.6 Å². The maximum atomic E-state index is 4.22. The van der Waals surface area contributed by atoms with Crippen LogP contribution in [0, 0.1) is 0 Å². The van der Waals surface area contributed by atoms with Gasteiger partial charge in [0.1, 0.15) is 0 Å². The van der Waals surface area contributed by atoms with Crippen LogP contribution < -0.4 is 0 Å². The highest BCUT2D eigenvalue weighted by atomic mass is 32.1.